The highest BCUT2D eigenvalue weighted by Crippen LogP contribution is 2.33. The van der Waals surface area contributed by atoms with Crippen molar-refractivity contribution in [3.05, 3.63) is 41.2 Å². The molecular formula is C10H8F4O. The van der Waals surface area contributed by atoms with Crippen molar-refractivity contribution in [1.29, 1.82) is 0 Å². The molecule has 0 bridgehead atoms. The molecule has 0 atom stereocenters. The van der Waals surface area contributed by atoms with Gasteiger partial charge in [0.2, 0.25) is 0 Å². The van der Waals surface area contributed by atoms with E-state index in [-0.39, 0.29) is 12.2 Å². The minimum Gasteiger partial charge on any atom is -0.392 e. The van der Waals surface area contributed by atoms with E-state index in [0.717, 1.165) is 24.3 Å². The highest BCUT2D eigenvalue weighted by molar-refractivity contribution is 5.54. The standard InChI is InChI=1S/C10H8F4O/c11-8-4-3-7(2-1-5-15)9(6-8)10(12,13)14/h1-4,6,15H,5H2. The number of rotatable bonds is 2. The molecule has 0 amide bonds. The molecular weight excluding hydrogens is 212 g/mol. The van der Waals surface area contributed by atoms with E-state index in [1.807, 2.05) is 0 Å². The number of hydrogen-bond donors (Lipinski definition) is 1. The van der Waals surface area contributed by atoms with E-state index in [0.29, 0.717) is 6.07 Å². The van der Waals surface area contributed by atoms with E-state index >= 15 is 0 Å². The summed E-state index contributed by atoms with van der Waals surface area (Å²) < 4.78 is 49.8. The summed E-state index contributed by atoms with van der Waals surface area (Å²) in [6.45, 7) is -0.366. The van der Waals surface area contributed by atoms with Crippen LogP contribution >= 0.6 is 0 Å². The predicted molar refractivity (Wildman–Crippen MR) is 47.5 cm³/mol. The third kappa shape index (κ3) is 3.06. The van der Waals surface area contributed by atoms with E-state index < -0.39 is 17.6 Å². The molecule has 0 heterocycles. The van der Waals surface area contributed by atoms with E-state index in [9.17, 15) is 17.6 Å². The fourth-order valence-corrected chi connectivity index (χ4v) is 1.10. The predicted octanol–water partition coefficient (Wildman–Crippen LogP) is 2.85. The molecule has 1 N–H and O–H groups in total. The largest absolute Gasteiger partial charge is 0.417 e. The summed E-state index contributed by atoms with van der Waals surface area (Å²) >= 11 is 0. The number of aliphatic hydroxyl groups excluding tert-OH is 1. The first-order chi connectivity index (χ1) is 6.95. The average molecular weight is 220 g/mol. The zero-order valence-electron chi connectivity index (χ0n) is 7.55. The second kappa shape index (κ2) is 4.44. The van der Waals surface area contributed by atoms with Crippen LogP contribution in [0.1, 0.15) is 11.1 Å². The molecule has 1 aromatic rings. The van der Waals surface area contributed by atoms with E-state index in [2.05, 4.69) is 0 Å². The van der Waals surface area contributed by atoms with E-state index in [4.69, 9.17) is 5.11 Å². The molecule has 0 spiro atoms. The zero-order chi connectivity index (χ0) is 11.5. The second-order valence-electron chi connectivity index (χ2n) is 2.81. The molecule has 1 aromatic carbocycles. The van der Waals surface area contributed by atoms with Gasteiger partial charge in [0, 0.05) is 0 Å². The Bertz CT molecular complexity index is 368. The van der Waals surface area contributed by atoms with Gasteiger partial charge in [0.1, 0.15) is 5.82 Å². The van der Waals surface area contributed by atoms with Crippen molar-refractivity contribution in [2.45, 2.75) is 6.18 Å². The van der Waals surface area contributed by atoms with Crippen LogP contribution in [0.4, 0.5) is 17.6 Å². The molecule has 0 unspecified atom stereocenters. The summed E-state index contributed by atoms with van der Waals surface area (Å²) in [6.07, 6.45) is -2.35. The maximum atomic E-state index is 12.6. The minimum absolute atomic E-state index is 0.169. The lowest BCUT2D eigenvalue weighted by atomic mass is 10.1. The maximum absolute atomic E-state index is 12.6. The Morgan fingerprint density at radius 2 is 1.93 bits per heavy atom. The van der Waals surface area contributed by atoms with Crippen molar-refractivity contribution in [2.24, 2.45) is 0 Å². The van der Waals surface area contributed by atoms with Crippen molar-refractivity contribution in [2.75, 3.05) is 6.61 Å². The first-order valence-electron chi connectivity index (χ1n) is 4.09. The third-order valence-corrected chi connectivity index (χ3v) is 1.72. The van der Waals surface area contributed by atoms with E-state index in [1.54, 1.807) is 0 Å². The van der Waals surface area contributed by atoms with Crippen molar-refractivity contribution in [3.8, 4) is 0 Å². The topological polar surface area (TPSA) is 20.2 Å². The molecule has 1 nitrogen and oxygen atoms in total. The Morgan fingerprint density at radius 1 is 1.27 bits per heavy atom. The van der Waals surface area contributed by atoms with Gasteiger partial charge in [-0.2, -0.15) is 13.2 Å². The summed E-state index contributed by atoms with van der Waals surface area (Å²) in [4.78, 5) is 0. The van der Waals surface area contributed by atoms with Crippen molar-refractivity contribution >= 4 is 6.08 Å². The highest BCUT2D eigenvalue weighted by atomic mass is 19.4. The van der Waals surface area contributed by atoms with Crippen molar-refractivity contribution < 1.29 is 22.7 Å². The van der Waals surface area contributed by atoms with Gasteiger partial charge in [0.05, 0.1) is 12.2 Å². The number of benzene rings is 1. The fourth-order valence-electron chi connectivity index (χ4n) is 1.10. The first kappa shape index (κ1) is 11.7. The number of halogens is 4. The van der Waals surface area contributed by atoms with Gasteiger partial charge >= 0.3 is 6.18 Å². The summed E-state index contributed by atoms with van der Waals surface area (Å²) in [5.74, 6) is -0.941. The van der Waals surface area contributed by atoms with Crippen LogP contribution in [0.2, 0.25) is 0 Å². The van der Waals surface area contributed by atoms with Crippen LogP contribution in [0.25, 0.3) is 6.08 Å². The van der Waals surface area contributed by atoms with Gasteiger partial charge in [-0.3, -0.25) is 0 Å². The number of aliphatic hydroxyl groups is 1. The Morgan fingerprint density at radius 3 is 2.47 bits per heavy atom. The van der Waals surface area contributed by atoms with Crippen LogP contribution in [0.3, 0.4) is 0 Å². The minimum atomic E-state index is -4.60. The normalized spacial score (nSPS) is 12.3. The molecule has 0 saturated heterocycles. The molecule has 15 heavy (non-hydrogen) atoms. The maximum Gasteiger partial charge on any atom is 0.417 e. The molecule has 0 aromatic heterocycles. The SMILES string of the molecule is OCC=Cc1ccc(F)cc1C(F)(F)F. The average Bonchev–Trinajstić information content (AvgIpc) is 2.14. The summed E-state index contributed by atoms with van der Waals surface area (Å²) in [7, 11) is 0. The van der Waals surface area contributed by atoms with Gasteiger partial charge in [-0.25, -0.2) is 4.39 Å². The van der Waals surface area contributed by atoms with Gasteiger partial charge in [-0.1, -0.05) is 18.2 Å². The van der Waals surface area contributed by atoms with Crippen molar-refractivity contribution in [3.63, 3.8) is 0 Å². The first-order valence-corrected chi connectivity index (χ1v) is 4.09. The smallest absolute Gasteiger partial charge is 0.392 e. The van der Waals surface area contributed by atoms with Crippen LogP contribution in [-0.2, 0) is 6.18 Å². The lowest BCUT2D eigenvalue weighted by molar-refractivity contribution is -0.137. The highest BCUT2D eigenvalue weighted by Gasteiger charge is 2.33. The molecule has 0 aliphatic carbocycles. The summed E-state index contributed by atoms with van der Waals surface area (Å²) in [6, 6.07) is 2.38. The summed E-state index contributed by atoms with van der Waals surface area (Å²) in [5, 5.41) is 8.43. The van der Waals surface area contributed by atoms with Gasteiger partial charge in [-0.05, 0) is 17.7 Å². The second-order valence-corrected chi connectivity index (χ2v) is 2.81. The molecule has 82 valence electrons. The van der Waals surface area contributed by atoms with Gasteiger partial charge in [0.25, 0.3) is 0 Å². The fraction of sp³-hybridized carbons (Fsp3) is 0.200. The molecule has 0 saturated carbocycles. The van der Waals surface area contributed by atoms with Crippen LogP contribution in [-0.4, -0.2) is 11.7 Å². The molecule has 0 aliphatic heterocycles. The summed E-state index contributed by atoms with van der Waals surface area (Å²) in [5.41, 5.74) is -1.22. The van der Waals surface area contributed by atoms with Crippen LogP contribution in [0, 0.1) is 5.82 Å². The lowest BCUT2D eigenvalue weighted by Gasteiger charge is -2.09. The van der Waals surface area contributed by atoms with Gasteiger partial charge in [-0.15, -0.1) is 0 Å². The monoisotopic (exact) mass is 220 g/mol. The Labute approximate surface area is 83.7 Å². The van der Waals surface area contributed by atoms with Crippen LogP contribution in [0.5, 0.6) is 0 Å². The lowest BCUT2D eigenvalue weighted by Crippen LogP contribution is -2.07. The molecule has 5 heteroatoms. The molecule has 0 radical (unpaired) electrons. The Balaban J connectivity index is 3.21. The molecule has 0 aliphatic rings. The van der Waals surface area contributed by atoms with E-state index in [1.165, 1.54) is 0 Å². The third-order valence-electron chi connectivity index (χ3n) is 1.72. The van der Waals surface area contributed by atoms with Gasteiger partial charge < -0.3 is 5.11 Å². The zero-order valence-corrected chi connectivity index (χ0v) is 7.55. The van der Waals surface area contributed by atoms with Crippen LogP contribution < -0.4 is 0 Å². The van der Waals surface area contributed by atoms with Crippen molar-refractivity contribution in [1.82, 2.24) is 0 Å². The Hall–Kier alpha value is -1.36. The van der Waals surface area contributed by atoms with Gasteiger partial charge in [0.15, 0.2) is 0 Å². The quantitative estimate of drug-likeness (QED) is 0.760. The Kier molecular flexibility index (Phi) is 3.47. The number of alkyl halides is 3. The molecule has 1 rings (SSSR count). The van der Waals surface area contributed by atoms with Crippen LogP contribution in [0.15, 0.2) is 24.3 Å². The molecule has 0 fully saturated rings. The number of hydrogen-bond acceptors (Lipinski definition) is 1.